The molecule has 0 amide bonds. The van der Waals surface area contributed by atoms with E-state index in [2.05, 4.69) is 70.3 Å². The predicted molar refractivity (Wildman–Crippen MR) is 86.9 cm³/mol. The minimum atomic E-state index is 0.492. The van der Waals surface area contributed by atoms with E-state index >= 15 is 0 Å². The van der Waals surface area contributed by atoms with Crippen LogP contribution in [0, 0.1) is 0 Å². The third-order valence-electron chi connectivity index (χ3n) is 3.17. The van der Waals surface area contributed by atoms with Crippen LogP contribution in [0.2, 0.25) is 0 Å². The fourth-order valence-electron chi connectivity index (χ4n) is 2.30. The molecular formula is C15H21BrN2S. The zero-order valence-electron chi connectivity index (χ0n) is 11.5. The van der Waals surface area contributed by atoms with Crippen molar-refractivity contribution >= 4 is 27.3 Å². The molecule has 2 aromatic heterocycles. The molecule has 19 heavy (non-hydrogen) atoms. The summed E-state index contributed by atoms with van der Waals surface area (Å²) in [5.41, 5.74) is 1.40. The first-order valence-electron chi connectivity index (χ1n) is 6.86. The first-order chi connectivity index (χ1) is 9.22. The molecule has 0 aliphatic heterocycles. The van der Waals surface area contributed by atoms with Gasteiger partial charge in [0.25, 0.3) is 0 Å². The Morgan fingerprint density at radius 3 is 2.79 bits per heavy atom. The molecule has 0 aliphatic carbocycles. The molecule has 0 fully saturated rings. The van der Waals surface area contributed by atoms with E-state index in [1.807, 2.05) is 0 Å². The second-order valence-electron chi connectivity index (χ2n) is 4.72. The maximum absolute atomic E-state index is 3.56. The fourth-order valence-corrected chi connectivity index (χ4v) is 3.79. The van der Waals surface area contributed by atoms with Gasteiger partial charge in [0.1, 0.15) is 0 Å². The van der Waals surface area contributed by atoms with Gasteiger partial charge in [0.05, 0.1) is 10.3 Å². The standard InChI is InChI=1S/C15H21BrN2S/c1-3-5-14(17-4-2)12-8-9-18(10-12)11-13-6-7-15(16)19-13/h6-10,14,17H,3-5,11H2,1-2H3. The summed E-state index contributed by atoms with van der Waals surface area (Å²) in [5, 5.41) is 3.56. The SMILES string of the molecule is CCCC(NCC)c1ccn(Cc2ccc(Br)s2)c1. The van der Waals surface area contributed by atoms with Crippen molar-refractivity contribution in [1.82, 2.24) is 9.88 Å². The lowest BCUT2D eigenvalue weighted by atomic mass is 10.1. The second-order valence-corrected chi connectivity index (χ2v) is 7.27. The molecule has 0 radical (unpaired) electrons. The molecule has 2 heterocycles. The second kappa shape index (κ2) is 7.27. The quantitative estimate of drug-likeness (QED) is 0.765. The first-order valence-corrected chi connectivity index (χ1v) is 8.47. The van der Waals surface area contributed by atoms with Gasteiger partial charge >= 0.3 is 0 Å². The van der Waals surface area contributed by atoms with Gasteiger partial charge < -0.3 is 9.88 Å². The molecule has 0 bridgehead atoms. The zero-order chi connectivity index (χ0) is 13.7. The third-order valence-corrected chi connectivity index (χ3v) is 4.78. The summed E-state index contributed by atoms with van der Waals surface area (Å²) in [7, 11) is 0. The largest absolute Gasteiger partial charge is 0.349 e. The Hall–Kier alpha value is -0.580. The minimum Gasteiger partial charge on any atom is -0.349 e. The molecule has 0 aromatic carbocycles. The van der Waals surface area contributed by atoms with Crippen LogP contribution >= 0.6 is 27.3 Å². The molecule has 4 heteroatoms. The maximum atomic E-state index is 3.56. The van der Waals surface area contributed by atoms with Crippen LogP contribution in [-0.2, 0) is 6.54 Å². The van der Waals surface area contributed by atoms with Crippen molar-refractivity contribution in [3.63, 3.8) is 0 Å². The Balaban J connectivity index is 2.04. The number of nitrogens with one attached hydrogen (secondary N) is 1. The summed E-state index contributed by atoms with van der Waals surface area (Å²) in [4.78, 5) is 1.38. The highest BCUT2D eigenvalue weighted by molar-refractivity contribution is 9.11. The highest BCUT2D eigenvalue weighted by Crippen LogP contribution is 2.24. The average Bonchev–Trinajstić information content (AvgIpc) is 2.99. The molecule has 1 unspecified atom stereocenters. The van der Waals surface area contributed by atoms with Crippen LogP contribution in [0.4, 0.5) is 0 Å². The average molecular weight is 341 g/mol. The lowest BCUT2D eigenvalue weighted by Crippen LogP contribution is -2.20. The van der Waals surface area contributed by atoms with Crippen LogP contribution in [0.5, 0.6) is 0 Å². The number of aromatic nitrogens is 1. The van der Waals surface area contributed by atoms with E-state index in [0.717, 1.165) is 13.1 Å². The maximum Gasteiger partial charge on any atom is 0.0702 e. The topological polar surface area (TPSA) is 17.0 Å². The summed E-state index contributed by atoms with van der Waals surface area (Å²) >= 11 is 5.32. The van der Waals surface area contributed by atoms with Gasteiger partial charge in [0.2, 0.25) is 0 Å². The summed E-state index contributed by atoms with van der Waals surface area (Å²) in [6, 6.07) is 7.03. The summed E-state index contributed by atoms with van der Waals surface area (Å²) in [6.45, 7) is 6.39. The van der Waals surface area contributed by atoms with Crippen molar-refractivity contribution in [2.75, 3.05) is 6.54 Å². The van der Waals surface area contributed by atoms with Crippen molar-refractivity contribution in [3.05, 3.63) is 44.8 Å². The van der Waals surface area contributed by atoms with Crippen LogP contribution in [0.3, 0.4) is 0 Å². The first kappa shape index (κ1) is 14.8. The van der Waals surface area contributed by atoms with E-state index in [9.17, 15) is 0 Å². The van der Waals surface area contributed by atoms with E-state index in [0.29, 0.717) is 6.04 Å². The van der Waals surface area contributed by atoms with Crippen molar-refractivity contribution in [2.45, 2.75) is 39.3 Å². The lowest BCUT2D eigenvalue weighted by Gasteiger charge is -2.15. The molecule has 0 saturated heterocycles. The van der Waals surface area contributed by atoms with Crippen LogP contribution in [0.25, 0.3) is 0 Å². The van der Waals surface area contributed by atoms with Gasteiger partial charge in [-0.25, -0.2) is 0 Å². The predicted octanol–water partition coefficient (Wildman–Crippen LogP) is 4.81. The normalized spacial score (nSPS) is 12.8. The van der Waals surface area contributed by atoms with Gasteiger partial charge in [-0.15, -0.1) is 11.3 Å². The van der Waals surface area contributed by atoms with Crippen LogP contribution in [-0.4, -0.2) is 11.1 Å². The summed E-state index contributed by atoms with van der Waals surface area (Å²) in [5.74, 6) is 0. The lowest BCUT2D eigenvalue weighted by molar-refractivity contribution is 0.508. The molecule has 2 nitrogen and oxygen atoms in total. The van der Waals surface area contributed by atoms with E-state index in [1.54, 1.807) is 11.3 Å². The van der Waals surface area contributed by atoms with E-state index in [1.165, 1.54) is 27.1 Å². The highest BCUT2D eigenvalue weighted by atomic mass is 79.9. The Labute approximate surface area is 128 Å². The summed E-state index contributed by atoms with van der Waals surface area (Å²) < 4.78 is 3.47. The minimum absolute atomic E-state index is 0.492. The van der Waals surface area contributed by atoms with E-state index in [4.69, 9.17) is 0 Å². The van der Waals surface area contributed by atoms with Crippen LogP contribution in [0.1, 0.15) is 43.2 Å². The number of hydrogen-bond donors (Lipinski definition) is 1. The number of hydrogen-bond acceptors (Lipinski definition) is 2. The van der Waals surface area contributed by atoms with Gasteiger partial charge in [-0.1, -0.05) is 20.3 Å². The van der Waals surface area contributed by atoms with E-state index < -0.39 is 0 Å². The molecule has 0 saturated carbocycles. The Kier molecular flexibility index (Phi) is 5.67. The third kappa shape index (κ3) is 4.20. The number of halogens is 1. The molecular weight excluding hydrogens is 320 g/mol. The smallest absolute Gasteiger partial charge is 0.0702 e. The molecule has 0 spiro atoms. The van der Waals surface area contributed by atoms with Gasteiger partial charge in [0.15, 0.2) is 0 Å². The van der Waals surface area contributed by atoms with Crippen LogP contribution < -0.4 is 5.32 Å². The zero-order valence-corrected chi connectivity index (χ0v) is 13.9. The molecule has 2 rings (SSSR count). The molecule has 104 valence electrons. The number of nitrogens with zero attached hydrogens (tertiary/aromatic N) is 1. The van der Waals surface area contributed by atoms with Crippen molar-refractivity contribution in [1.29, 1.82) is 0 Å². The number of thiophene rings is 1. The number of rotatable bonds is 7. The Morgan fingerprint density at radius 1 is 1.32 bits per heavy atom. The van der Waals surface area contributed by atoms with Gasteiger partial charge in [-0.05, 0) is 52.7 Å². The van der Waals surface area contributed by atoms with Crippen LogP contribution in [0.15, 0.2) is 34.4 Å². The van der Waals surface area contributed by atoms with Crippen molar-refractivity contribution in [2.24, 2.45) is 0 Å². The van der Waals surface area contributed by atoms with Gasteiger partial charge in [0, 0.05) is 23.3 Å². The molecule has 2 aromatic rings. The molecule has 0 aliphatic rings. The Morgan fingerprint density at radius 2 is 2.16 bits per heavy atom. The molecule has 1 N–H and O–H groups in total. The summed E-state index contributed by atoms with van der Waals surface area (Å²) in [6.07, 6.45) is 6.86. The van der Waals surface area contributed by atoms with Crippen molar-refractivity contribution in [3.8, 4) is 0 Å². The highest BCUT2D eigenvalue weighted by Gasteiger charge is 2.10. The van der Waals surface area contributed by atoms with Gasteiger partial charge in [-0.3, -0.25) is 0 Å². The van der Waals surface area contributed by atoms with Gasteiger partial charge in [-0.2, -0.15) is 0 Å². The van der Waals surface area contributed by atoms with Crippen molar-refractivity contribution < 1.29 is 0 Å². The molecule has 1 atom stereocenters. The van der Waals surface area contributed by atoms with E-state index in [-0.39, 0.29) is 0 Å². The monoisotopic (exact) mass is 340 g/mol. The fraction of sp³-hybridized carbons (Fsp3) is 0.467. The Bertz CT molecular complexity index is 498.